The topological polar surface area (TPSA) is 80.6 Å². The molecule has 3 aromatic rings. The highest BCUT2D eigenvalue weighted by molar-refractivity contribution is 8.00. The molecular weight excluding hydrogens is 462 g/mol. The molecule has 8 nitrogen and oxygen atoms in total. The maximum atomic E-state index is 13.4. The number of amides is 1. The number of aryl methyl sites for hydroxylation is 1. The van der Waals surface area contributed by atoms with Crippen LogP contribution in [0.25, 0.3) is 5.69 Å². The normalized spacial score (nSPS) is 16.3. The van der Waals surface area contributed by atoms with Gasteiger partial charge in [0.25, 0.3) is 0 Å². The van der Waals surface area contributed by atoms with Crippen molar-refractivity contribution in [2.24, 2.45) is 0 Å². The highest BCUT2D eigenvalue weighted by Gasteiger charge is 2.27. The first-order valence-electron chi connectivity index (χ1n) is 11.9. The van der Waals surface area contributed by atoms with Crippen LogP contribution in [0.3, 0.4) is 0 Å². The minimum absolute atomic E-state index is 0.0262. The molecule has 0 N–H and O–H groups in total. The van der Waals surface area contributed by atoms with E-state index < -0.39 is 0 Å². The minimum atomic E-state index is -0.357. The summed E-state index contributed by atoms with van der Waals surface area (Å²) in [6, 6.07) is 13.9. The van der Waals surface area contributed by atoms with E-state index in [9.17, 15) is 9.59 Å². The summed E-state index contributed by atoms with van der Waals surface area (Å²) in [6.45, 7) is 8.99. The lowest BCUT2D eigenvalue weighted by Crippen LogP contribution is -2.37. The van der Waals surface area contributed by atoms with E-state index in [0.29, 0.717) is 30.5 Å². The molecule has 0 spiro atoms. The number of morpholine rings is 1. The van der Waals surface area contributed by atoms with Gasteiger partial charge in [-0.2, -0.15) is 0 Å². The van der Waals surface area contributed by atoms with E-state index in [1.807, 2.05) is 29.7 Å². The van der Waals surface area contributed by atoms with Gasteiger partial charge < -0.3 is 14.5 Å². The third-order valence-corrected chi connectivity index (χ3v) is 7.54. The zero-order valence-corrected chi connectivity index (χ0v) is 21.0. The lowest BCUT2D eigenvalue weighted by Gasteiger charge is -2.28. The Morgan fingerprint density at radius 3 is 2.49 bits per heavy atom. The summed E-state index contributed by atoms with van der Waals surface area (Å²) >= 11 is 1.41. The smallest absolute Gasteiger partial charge is 0.232 e. The third kappa shape index (κ3) is 4.70. The number of aromatic nitrogens is 3. The van der Waals surface area contributed by atoms with Gasteiger partial charge in [0.15, 0.2) is 10.9 Å². The number of fused-ring (bicyclic) bond motifs is 1. The first-order chi connectivity index (χ1) is 16.9. The van der Waals surface area contributed by atoms with Gasteiger partial charge in [-0.1, -0.05) is 29.5 Å². The van der Waals surface area contributed by atoms with Crippen molar-refractivity contribution < 1.29 is 14.3 Å². The molecule has 2 aliphatic rings. The first-order valence-corrected chi connectivity index (χ1v) is 12.8. The second-order valence-corrected chi connectivity index (χ2v) is 10.2. The van der Waals surface area contributed by atoms with Crippen molar-refractivity contribution >= 4 is 35.1 Å². The fourth-order valence-corrected chi connectivity index (χ4v) is 5.49. The molecule has 1 aromatic heterocycles. The van der Waals surface area contributed by atoms with Gasteiger partial charge in [0.2, 0.25) is 11.9 Å². The molecule has 3 heterocycles. The van der Waals surface area contributed by atoms with Crippen molar-refractivity contribution in [2.75, 3.05) is 42.6 Å². The van der Waals surface area contributed by atoms with E-state index >= 15 is 0 Å². The molecule has 1 amide bonds. The van der Waals surface area contributed by atoms with Crippen molar-refractivity contribution in [3.63, 3.8) is 0 Å². The predicted molar refractivity (Wildman–Crippen MR) is 137 cm³/mol. The average molecular weight is 492 g/mol. The number of Topliss-reactive ketones (excluding diaryl/α,β-unsaturated/α-hetero) is 1. The van der Waals surface area contributed by atoms with E-state index in [0.717, 1.165) is 42.4 Å². The first kappa shape index (κ1) is 23.6. The number of ketones is 1. The molecule has 35 heavy (non-hydrogen) atoms. The molecule has 1 atom stereocenters. The fourth-order valence-electron chi connectivity index (χ4n) is 4.55. The molecule has 5 rings (SSSR count). The van der Waals surface area contributed by atoms with Gasteiger partial charge in [0.05, 0.1) is 24.2 Å². The van der Waals surface area contributed by atoms with Gasteiger partial charge in [0.1, 0.15) is 0 Å². The molecule has 0 unspecified atom stereocenters. The second-order valence-electron chi connectivity index (χ2n) is 8.94. The van der Waals surface area contributed by atoms with Crippen LogP contribution in [0.4, 0.5) is 11.6 Å². The summed E-state index contributed by atoms with van der Waals surface area (Å²) < 4.78 is 7.55. The van der Waals surface area contributed by atoms with Crippen molar-refractivity contribution in [2.45, 2.75) is 37.6 Å². The monoisotopic (exact) mass is 491 g/mol. The van der Waals surface area contributed by atoms with E-state index in [1.165, 1.54) is 17.3 Å². The van der Waals surface area contributed by atoms with Crippen LogP contribution in [0.15, 0.2) is 47.6 Å². The Labute approximate surface area is 209 Å². The largest absolute Gasteiger partial charge is 0.378 e. The summed E-state index contributed by atoms with van der Waals surface area (Å²) in [5.74, 6) is 0.824. The number of hydrogen-bond donors (Lipinski definition) is 0. The highest BCUT2D eigenvalue weighted by atomic mass is 32.2. The predicted octanol–water partition coefficient (Wildman–Crippen LogP) is 3.68. The lowest BCUT2D eigenvalue weighted by molar-refractivity contribution is -0.116. The number of thioether (sulfide) groups is 1. The summed E-state index contributed by atoms with van der Waals surface area (Å²) in [5, 5.41) is 9.32. The SMILES string of the molecule is CC(=O)N1CCc2cc(C(=O)[C@@H](C)Sc3nnc(N4CCOCC4)n3-c3ccc(C)cc3)ccc21. The Morgan fingerprint density at radius 2 is 1.77 bits per heavy atom. The molecule has 9 heteroatoms. The molecule has 2 aromatic carbocycles. The van der Waals surface area contributed by atoms with Crippen LogP contribution in [-0.4, -0.2) is 64.6 Å². The van der Waals surface area contributed by atoms with E-state index in [2.05, 4.69) is 46.3 Å². The Bertz CT molecular complexity index is 1250. The van der Waals surface area contributed by atoms with E-state index in [1.54, 1.807) is 11.8 Å². The summed E-state index contributed by atoms with van der Waals surface area (Å²) in [4.78, 5) is 29.2. The Kier molecular flexibility index (Phi) is 6.62. The number of benzene rings is 2. The summed E-state index contributed by atoms with van der Waals surface area (Å²) in [6.07, 6.45) is 0.766. The van der Waals surface area contributed by atoms with Gasteiger partial charge in [-0.15, -0.1) is 10.2 Å². The molecule has 0 radical (unpaired) electrons. The number of carbonyl (C=O) groups is 2. The van der Waals surface area contributed by atoms with Crippen LogP contribution in [-0.2, 0) is 16.0 Å². The van der Waals surface area contributed by atoms with Crippen LogP contribution in [0.2, 0.25) is 0 Å². The molecule has 182 valence electrons. The number of rotatable bonds is 6. The number of carbonyl (C=O) groups excluding carboxylic acids is 2. The molecule has 0 saturated carbocycles. The number of hydrogen-bond acceptors (Lipinski definition) is 7. The number of nitrogens with zero attached hydrogens (tertiary/aromatic N) is 5. The fraction of sp³-hybridized carbons (Fsp3) is 0.385. The Morgan fingerprint density at radius 1 is 1.03 bits per heavy atom. The third-order valence-electron chi connectivity index (χ3n) is 6.49. The van der Waals surface area contributed by atoms with Gasteiger partial charge in [-0.25, -0.2) is 0 Å². The summed E-state index contributed by atoms with van der Waals surface area (Å²) in [5.41, 5.74) is 4.74. The standard InChI is InChI=1S/C26H29N5O3S/c1-17-4-7-22(8-5-17)31-25(29-12-14-34-15-13-29)27-28-26(31)35-18(2)24(33)21-6-9-23-20(16-21)10-11-30(23)19(3)32/h4-9,16,18H,10-15H2,1-3H3/t18-/m1/s1. The van der Waals surface area contributed by atoms with Crippen LogP contribution in [0.1, 0.15) is 35.3 Å². The van der Waals surface area contributed by atoms with Gasteiger partial charge >= 0.3 is 0 Å². The molecule has 0 aliphatic carbocycles. The van der Waals surface area contributed by atoms with Crippen molar-refractivity contribution in [1.29, 1.82) is 0 Å². The van der Waals surface area contributed by atoms with Crippen LogP contribution < -0.4 is 9.80 Å². The van der Waals surface area contributed by atoms with Crippen molar-refractivity contribution in [3.8, 4) is 5.69 Å². The second kappa shape index (κ2) is 9.83. The van der Waals surface area contributed by atoms with Crippen LogP contribution in [0.5, 0.6) is 0 Å². The molecule has 1 saturated heterocycles. The number of anilines is 2. The zero-order valence-electron chi connectivity index (χ0n) is 20.2. The maximum absolute atomic E-state index is 13.4. The lowest BCUT2D eigenvalue weighted by atomic mass is 10.0. The van der Waals surface area contributed by atoms with Gasteiger partial charge in [0, 0.05) is 37.8 Å². The maximum Gasteiger partial charge on any atom is 0.232 e. The van der Waals surface area contributed by atoms with E-state index in [4.69, 9.17) is 4.74 Å². The Balaban J connectivity index is 1.41. The quantitative estimate of drug-likeness (QED) is 0.384. The van der Waals surface area contributed by atoms with Crippen LogP contribution in [0, 0.1) is 6.92 Å². The van der Waals surface area contributed by atoms with Gasteiger partial charge in [-0.3, -0.25) is 14.2 Å². The molecular formula is C26H29N5O3S. The molecule has 1 fully saturated rings. The van der Waals surface area contributed by atoms with Crippen molar-refractivity contribution in [3.05, 3.63) is 59.2 Å². The Hall–Kier alpha value is -3.17. The van der Waals surface area contributed by atoms with Gasteiger partial charge in [-0.05, 0) is 56.2 Å². The molecule has 2 aliphatic heterocycles. The number of ether oxygens (including phenoxy) is 1. The molecule has 0 bridgehead atoms. The van der Waals surface area contributed by atoms with Crippen LogP contribution >= 0.6 is 11.8 Å². The average Bonchev–Trinajstić information content (AvgIpc) is 3.48. The minimum Gasteiger partial charge on any atom is -0.378 e. The highest BCUT2D eigenvalue weighted by Crippen LogP contribution is 2.33. The zero-order chi connectivity index (χ0) is 24.5. The van der Waals surface area contributed by atoms with E-state index in [-0.39, 0.29) is 16.9 Å². The summed E-state index contributed by atoms with van der Waals surface area (Å²) in [7, 11) is 0. The van der Waals surface area contributed by atoms with Crippen molar-refractivity contribution in [1.82, 2.24) is 14.8 Å².